The SMILES string of the molecule is CCCCCCCCCC(Oc1ccccc1F)C(=O)O. The quantitative estimate of drug-likeness (QED) is 0.597. The molecule has 0 aromatic heterocycles. The molecular weight excluding hydrogens is 271 g/mol. The number of unbranched alkanes of at least 4 members (excludes halogenated alkanes) is 6. The van der Waals surface area contributed by atoms with Gasteiger partial charge in [-0.05, 0) is 25.0 Å². The highest BCUT2D eigenvalue weighted by Crippen LogP contribution is 2.19. The molecule has 0 bridgehead atoms. The number of halogens is 1. The van der Waals surface area contributed by atoms with Crippen LogP contribution in [-0.4, -0.2) is 17.2 Å². The third-order valence-corrected chi connectivity index (χ3v) is 3.45. The van der Waals surface area contributed by atoms with Crippen LogP contribution in [-0.2, 0) is 4.79 Å². The summed E-state index contributed by atoms with van der Waals surface area (Å²) >= 11 is 0. The fourth-order valence-electron chi connectivity index (χ4n) is 2.21. The minimum Gasteiger partial charge on any atom is -0.479 e. The Balaban J connectivity index is 2.31. The van der Waals surface area contributed by atoms with Gasteiger partial charge in [0.2, 0.25) is 0 Å². The molecule has 0 aliphatic heterocycles. The third-order valence-electron chi connectivity index (χ3n) is 3.45. The van der Waals surface area contributed by atoms with Gasteiger partial charge in [-0.25, -0.2) is 9.18 Å². The van der Waals surface area contributed by atoms with E-state index in [2.05, 4.69) is 6.92 Å². The zero-order valence-electron chi connectivity index (χ0n) is 12.7. The van der Waals surface area contributed by atoms with Gasteiger partial charge in [0, 0.05) is 0 Å². The van der Waals surface area contributed by atoms with E-state index >= 15 is 0 Å². The van der Waals surface area contributed by atoms with Gasteiger partial charge in [-0.15, -0.1) is 0 Å². The van der Waals surface area contributed by atoms with Crippen molar-refractivity contribution in [2.45, 2.75) is 64.4 Å². The Morgan fingerprint density at radius 1 is 1.14 bits per heavy atom. The van der Waals surface area contributed by atoms with Gasteiger partial charge >= 0.3 is 5.97 Å². The number of aliphatic carboxylic acids is 1. The van der Waals surface area contributed by atoms with Crippen molar-refractivity contribution in [3.8, 4) is 5.75 Å². The first kappa shape index (κ1) is 17.5. The fourth-order valence-corrected chi connectivity index (χ4v) is 2.21. The van der Waals surface area contributed by atoms with Crippen LogP contribution in [0.2, 0.25) is 0 Å². The Hall–Kier alpha value is -1.58. The summed E-state index contributed by atoms with van der Waals surface area (Å²) < 4.78 is 18.7. The topological polar surface area (TPSA) is 46.5 Å². The zero-order chi connectivity index (χ0) is 15.5. The highest BCUT2D eigenvalue weighted by atomic mass is 19.1. The number of carboxylic acid groups (broad SMARTS) is 1. The van der Waals surface area contributed by atoms with Crippen molar-refractivity contribution >= 4 is 5.97 Å². The molecule has 0 aliphatic rings. The monoisotopic (exact) mass is 296 g/mol. The van der Waals surface area contributed by atoms with Crippen LogP contribution in [0.4, 0.5) is 4.39 Å². The molecule has 1 rings (SSSR count). The first-order valence-corrected chi connectivity index (χ1v) is 7.79. The number of carbonyl (C=O) groups is 1. The summed E-state index contributed by atoms with van der Waals surface area (Å²) in [6.45, 7) is 2.18. The number of rotatable bonds is 11. The minimum absolute atomic E-state index is 0.00726. The predicted molar refractivity (Wildman–Crippen MR) is 81.1 cm³/mol. The first-order chi connectivity index (χ1) is 10.1. The predicted octanol–water partition coefficient (Wildman–Crippen LogP) is 4.80. The van der Waals surface area contributed by atoms with Crippen LogP contribution in [0.15, 0.2) is 24.3 Å². The lowest BCUT2D eigenvalue weighted by Gasteiger charge is -2.15. The first-order valence-electron chi connectivity index (χ1n) is 7.79. The molecule has 0 aliphatic carbocycles. The molecule has 0 fully saturated rings. The molecule has 3 nitrogen and oxygen atoms in total. The maximum Gasteiger partial charge on any atom is 0.344 e. The molecule has 1 unspecified atom stereocenters. The van der Waals surface area contributed by atoms with E-state index in [1.54, 1.807) is 12.1 Å². The van der Waals surface area contributed by atoms with Crippen molar-refractivity contribution in [2.24, 2.45) is 0 Å². The van der Waals surface area contributed by atoms with E-state index in [-0.39, 0.29) is 5.75 Å². The number of hydrogen-bond donors (Lipinski definition) is 1. The van der Waals surface area contributed by atoms with Gasteiger partial charge in [-0.1, -0.05) is 57.6 Å². The fraction of sp³-hybridized carbons (Fsp3) is 0.588. The lowest BCUT2D eigenvalue weighted by Crippen LogP contribution is -2.27. The summed E-state index contributed by atoms with van der Waals surface area (Å²) in [4.78, 5) is 11.2. The molecule has 21 heavy (non-hydrogen) atoms. The molecule has 1 N–H and O–H groups in total. The van der Waals surface area contributed by atoms with E-state index in [4.69, 9.17) is 9.84 Å². The van der Waals surface area contributed by atoms with Crippen molar-refractivity contribution < 1.29 is 19.0 Å². The Kier molecular flexibility index (Phi) is 8.48. The van der Waals surface area contributed by atoms with Crippen LogP contribution < -0.4 is 4.74 Å². The van der Waals surface area contributed by atoms with E-state index in [0.29, 0.717) is 6.42 Å². The summed E-state index contributed by atoms with van der Waals surface area (Å²) in [7, 11) is 0. The third kappa shape index (κ3) is 7.11. The van der Waals surface area contributed by atoms with Crippen LogP contribution >= 0.6 is 0 Å². The lowest BCUT2D eigenvalue weighted by atomic mass is 10.1. The average molecular weight is 296 g/mol. The van der Waals surface area contributed by atoms with Crippen molar-refractivity contribution in [2.75, 3.05) is 0 Å². The molecule has 4 heteroatoms. The Labute approximate surface area is 126 Å². The van der Waals surface area contributed by atoms with Crippen molar-refractivity contribution in [3.63, 3.8) is 0 Å². The molecule has 1 aromatic carbocycles. The summed E-state index contributed by atoms with van der Waals surface area (Å²) in [6.07, 6.45) is 7.25. The molecule has 118 valence electrons. The van der Waals surface area contributed by atoms with E-state index in [1.165, 1.54) is 37.8 Å². The molecule has 1 aromatic rings. The van der Waals surface area contributed by atoms with Crippen LogP contribution in [0.1, 0.15) is 58.3 Å². The summed E-state index contributed by atoms with van der Waals surface area (Å²) in [5, 5.41) is 9.15. The van der Waals surface area contributed by atoms with Gasteiger partial charge in [0.15, 0.2) is 17.7 Å². The normalized spacial score (nSPS) is 12.1. The number of benzene rings is 1. The largest absolute Gasteiger partial charge is 0.479 e. The maximum absolute atomic E-state index is 13.5. The molecule has 0 saturated carbocycles. The van der Waals surface area contributed by atoms with Gasteiger partial charge in [0.05, 0.1) is 0 Å². The van der Waals surface area contributed by atoms with E-state index in [0.717, 1.165) is 19.3 Å². The van der Waals surface area contributed by atoms with E-state index < -0.39 is 17.9 Å². The highest BCUT2D eigenvalue weighted by Gasteiger charge is 2.20. The van der Waals surface area contributed by atoms with Crippen LogP contribution in [0.25, 0.3) is 0 Å². The summed E-state index contributed by atoms with van der Waals surface area (Å²) in [6, 6.07) is 5.90. The van der Waals surface area contributed by atoms with Crippen molar-refractivity contribution in [3.05, 3.63) is 30.1 Å². The average Bonchev–Trinajstić information content (AvgIpc) is 2.46. The molecule has 0 radical (unpaired) electrons. The van der Waals surface area contributed by atoms with E-state index in [1.807, 2.05) is 0 Å². The molecule has 0 saturated heterocycles. The van der Waals surface area contributed by atoms with Gasteiger partial charge < -0.3 is 9.84 Å². The van der Waals surface area contributed by atoms with Crippen molar-refractivity contribution in [1.82, 2.24) is 0 Å². The minimum atomic E-state index is -1.04. The zero-order valence-corrected chi connectivity index (χ0v) is 12.7. The number of para-hydroxylation sites is 1. The molecule has 0 amide bonds. The second-order valence-corrected chi connectivity index (χ2v) is 5.29. The molecule has 0 spiro atoms. The Morgan fingerprint density at radius 3 is 2.38 bits per heavy atom. The van der Waals surface area contributed by atoms with Crippen molar-refractivity contribution in [1.29, 1.82) is 0 Å². The van der Waals surface area contributed by atoms with Gasteiger partial charge in [0.1, 0.15) is 0 Å². The van der Waals surface area contributed by atoms with Crippen LogP contribution in [0, 0.1) is 5.82 Å². The molecule has 1 atom stereocenters. The standard InChI is InChI=1S/C17H25FO3/c1-2-3-4-5-6-7-8-13-16(17(19)20)21-15-12-10-9-11-14(15)18/h9-12,16H,2-8,13H2,1H3,(H,19,20). The highest BCUT2D eigenvalue weighted by molar-refractivity contribution is 5.72. The maximum atomic E-state index is 13.5. The summed E-state index contributed by atoms with van der Waals surface area (Å²) in [5.74, 6) is -1.56. The van der Waals surface area contributed by atoms with Crippen LogP contribution in [0.5, 0.6) is 5.75 Å². The van der Waals surface area contributed by atoms with Gasteiger partial charge in [-0.2, -0.15) is 0 Å². The number of ether oxygens (including phenoxy) is 1. The Morgan fingerprint density at radius 2 is 1.76 bits per heavy atom. The molecular formula is C17H25FO3. The number of hydrogen-bond acceptors (Lipinski definition) is 2. The Bertz CT molecular complexity index is 420. The smallest absolute Gasteiger partial charge is 0.344 e. The lowest BCUT2D eigenvalue weighted by molar-refractivity contribution is -0.145. The number of carboxylic acids is 1. The second-order valence-electron chi connectivity index (χ2n) is 5.29. The van der Waals surface area contributed by atoms with Gasteiger partial charge in [0.25, 0.3) is 0 Å². The second kappa shape index (κ2) is 10.2. The molecule has 0 heterocycles. The van der Waals surface area contributed by atoms with Crippen LogP contribution in [0.3, 0.4) is 0 Å². The van der Waals surface area contributed by atoms with Gasteiger partial charge in [-0.3, -0.25) is 0 Å². The summed E-state index contributed by atoms with van der Waals surface area (Å²) in [5.41, 5.74) is 0. The van der Waals surface area contributed by atoms with E-state index in [9.17, 15) is 9.18 Å².